The van der Waals surface area contributed by atoms with Gasteiger partial charge in [-0.2, -0.15) is 0 Å². The molecule has 0 saturated heterocycles. The number of aryl methyl sites for hydroxylation is 1. The molecule has 0 amide bonds. The Kier molecular flexibility index (Phi) is 5.56. The number of ketones is 1. The van der Waals surface area contributed by atoms with Crippen LogP contribution in [0.15, 0.2) is 24.3 Å². The summed E-state index contributed by atoms with van der Waals surface area (Å²) in [6.07, 6.45) is 1.31. The fourth-order valence-corrected chi connectivity index (χ4v) is 1.89. The third-order valence-corrected chi connectivity index (χ3v) is 2.77. The van der Waals surface area contributed by atoms with Gasteiger partial charge in [-0.1, -0.05) is 37.1 Å². The minimum atomic E-state index is -0.670. The number of hydrogen-bond donors (Lipinski definition) is 0. The van der Waals surface area contributed by atoms with Gasteiger partial charge in [0.25, 0.3) is 0 Å². The molecule has 0 spiro atoms. The van der Waals surface area contributed by atoms with Crippen LogP contribution in [0.4, 0.5) is 0 Å². The van der Waals surface area contributed by atoms with E-state index in [1.54, 1.807) is 13.0 Å². The summed E-state index contributed by atoms with van der Waals surface area (Å²) in [5.41, 5.74) is 1.60. The van der Waals surface area contributed by atoms with Crippen molar-refractivity contribution in [3.05, 3.63) is 35.4 Å². The van der Waals surface area contributed by atoms with E-state index in [0.717, 1.165) is 12.0 Å². The molecule has 1 unspecified atom stereocenters. The van der Waals surface area contributed by atoms with E-state index >= 15 is 0 Å². The highest BCUT2D eigenvalue weighted by Gasteiger charge is 2.27. The molecule has 0 aromatic heterocycles. The molecular formula is C15H20O3. The number of carbonyl (C=O) groups excluding carboxylic acids is 2. The smallest absolute Gasteiger partial charge is 0.316 e. The summed E-state index contributed by atoms with van der Waals surface area (Å²) in [6.45, 7) is 5.93. The fraction of sp³-hybridized carbons (Fsp3) is 0.467. The van der Waals surface area contributed by atoms with Gasteiger partial charge < -0.3 is 4.74 Å². The molecule has 0 heterocycles. The normalized spacial score (nSPS) is 11.9. The molecule has 1 rings (SSSR count). The average molecular weight is 248 g/mol. The summed E-state index contributed by atoms with van der Waals surface area (Å²) >= 11 is 0. The third kappa shape index (κ3) is 3.69. The number of hydrogen-bond acceptors (Lipinski definition) is 3. The lowest BCUT2D eigenvalue weighted by Gasteiger charge is -2.13. The molecule has 1 aromatic rings. The molecular weight excluding hydrogens is 228 g/mol. The third-order valence-electron chi connectivity index (χ3n) is 2.77. The molecule has 0 radical (unpaired) electrons. The molecule has 0 aliphatic rings. The van der Waals surface area contributed by atoms with Gasteiger partial charge in [0, 0.05) is 5.56 Å². The number of benzene rings is 1. The Labute approximate surface area is 108 Å². The zero-order valence-corrected chi connectivity index (χ0v) is 11.2. The van der Waals surface area contributed by atoms with Crippen molar-refractivity contribution in [2.24, 2.45) is 5.92 Å². The first-order valence-corrected chi connectivity index (χ1v) is 6.37. The van der Waals surface area contributed by atoms with Gasteiger partial charge in [0.15, 0.2) is 5.78 Å². The van der Waals surface area contributed by atoms with Crippen molar-refractivity contribution < 1.29 is 14.3 Å². The summed E-state index contributed by atoms with van der Waals surface area (Å²) in [4.78, 5) is 24.1. The van der Waals surface area contributed by atoms with Crippen molar-refractivity contribution >= 4 is 11.8 Å². The van der Waals surface area contributed by atoms with Gasteiger partial charge in [0.05, 0.1) is 6.61 Å². The van der Waals surface area contributed by atoms with E-state index in [9.17, 15) is 9.59 Å². The maximum atomic E-state index is 12.3. The topological polar surface area (TPSA) is 43.4 Å². The first-order valence-electron chi connectivity index (χ1n) is 6.37. The minimum absolute atomic E-state index is 0.140. The van der Waals surface area contributed by atoms with E-state index in [0.29, 0.717) is 18.6 Å². The van der Waals surface area contributed by atoms with Crippen LogP contribution in [0.2, 0.25) is 0 Å². The Morgan fingerprint density at radius 2 is 2.00 bits per heavy atom. The summed E-state index contributed by atoms with van der Waals surface area (Å²) in [5, 5.41) is 0. The van der Waals surface area contributed by atoms with Crippen LogP contribution >= 0.6 is 0 Å². The van der Waals surface area contributed by atoms with E-state index in [4.69, 9.17) is 4.74 Å². The second-order valence-electron chi connectivity index (χ2n) is 4.33. The molecule has 3 heteroatoms. The van der Waals surface area contributed by atoms with Gasteiger partial charge in [-0.15, -0.1) is 0 Å². The summed E-state index contributed by atoms with van der Waals surface area (Å²) < 4.78 is 4.97. The summed E-state index contributed by atoms with van der Waals surface area (Å²) in [6, 6.07) is 7.31. The quantitative estimate of drug-likeness (QED) is 0.441. The molecule has 0 aliphatic carbocycles. The first kappa shape index (κ1) is 14.4. The fourth-order valence-electron chi connectivity index (χ4n) is 1.89. The van der Waals surface area contributed by atoms with Crippen LogP contribution in [-0.2, 0) is 9.53 Å². The molecule has 1 aromatic carbocycles. The molecule has 1 atom stereocenters. The van der Waals surface area contributed by atoms with Crippen LogP contribution in [0.25, 0.3) is 0 Å². The van der Waals surface area contributed by atoms with Gasteiger partial charge in [-0.05, 0) is 26.3 Å². The lowest BCUT2D eigenvalue weighted by Crippen LogP contribution is -2.26. The predicted molar refractivity (Wildman–Crippen MR) is 70.5 cm³/mol. The maximum Gasteiger partial charge on any atom is 0.316 e. The number of esters is 1. The minimum Gasteiger partial charge on any atom is -0.465 e. The maximum absolute atomic E-state index is 12.3. The van der Waals surface area contributed by atoms with Crippen molar-refractivity contribution in [1.82, 2.24) is 0 Å². The second kappa shape index (κ2) is 6.94. The Balaban J connectivity index is 2.92. The highest BCUT2D eigenvalue weighted by molar-refractivity contribution is 6.08. The standard InChI is InChI=1S/C15H20O3/c1-4-7-13(15(17)18-5-2)14(16)12-9-6-8-11(3)10-12/h6,8-10,13H,4-5,7H2,1-3H3. The largest absolute Gasteiger partial charge is 0.465 e. The highest BCUT2D eigenvalue weighted by Crippen LogP contribution is 2.17. The van der Waals surface area contributed by atoms with Crippen molar-refractivity contribution in [1.29, 1.82) is 0 Å². The number of carbonyl (C=O) groups is 2. The van der Waals surface area contributed by atoms with Crippen molar-refractivity contribution in [3.63, 3.8) is 0 Å². The Morgan fingerprint density at radius 1 is 1.28 bits per heavy atom. The van der Waals surface area contributed by atoms with Gasteiger partial charge in [0.1, 0.15) is 5.92 Å². The number of ether oxygens (including phenoxy) is 1. The monoisotopic (exact) mass is 248 g/mol. The lowest BCUT2D eigenvalue weighted by molar-refractivity contribution is -0.146. The van der Waals surface area contributed by atoms with Crippen molar-refractivity contribution in [3.8, 4) is 0 Å². The van der Waals surface area contributed by atoms with Crippen LogP contribution in [0, 0.1) is 12.8 Å². The molecule has 0 N–H and O–H groups in total. The van der Waals surface area contributed by atoms with Crippen LogP contribution in [0.1, 0.15) is 42.6 Å². The molecule has 0 bridgehead atoms. The van der Waals surface area contributed by atoms with Crippen molar-refractivity contribution in [2.45, 2.75) is 33.6 Å². The summed E-state index contributed by atoms with van der Waals surface area (Å²) in [5.74, 6) is -1.22. The van der Waals surface area contributed by atoms with Crippen LogP contribution in [0.5, 0.6) is 0 Å². The molecule has 98 valence electrons. The molecule has 18 heavy (non-hydrogen) atoms. The Bertz CT molecular complexity index is 424. The first-order chi connectivity index (χ1) is 8.60. The predicted octanol–water partition coefficient (Wildman–Crippen LogP) is 3.16. The van der Waals surface area contributed by atoms with Gasteiger partial charge in [-0.25, -0.2) is 0 Å². The van der Waals surface area contributed by atoms with Crippen LogP contribution in [0.3, 0.4) is 0 Å². The van der Waals surface area contributed by atoms with E-state index in [2.05, 4.69) is 0 Å². The molecule has 0 fully saturated rings. The van der Waals surface area contributed by atoms with Gasteiger partial charge in [0.2, 0.25) is 0 Å². The molecule has 0 saturated carbocycles. The number of rotatable bonds is 6. The molecule has 3 nitrogen and oxygen atoms in total. The zero-order valence-electron chi connectivity index (χ0n) is 11.2. The molecule has 0 aliphatic heterocycles. The SMILES string of the molecule is CCCC(C(=O)OCC)C(=O)c1cccc(C)c1. The Hall–Kier alpha value is -1.64. The van der Waals surface area contributed by atoms with Crippen molar-refractivity contribution in [2.75, 3.05) is 6.61 Å². The lowest BCUT2D eigenvalue weighted by atomic mass is 9.93. The highest BCUT2D eigenvalue weighted by atomic mass is 16.5. The Morgan fingerprint density at radius 3 is 2.56 bits per heavy atom. The number of Topliss-reactive ketones (excluding diaryl/α,β-unsaturated/α-hetero) is 1. The zero-order chi connectivity index (χ0) is 13.5. The van der Waals surface area contributed by atoms with Crippen LogP contribution < -0.4 is 0 Å². The second-order valence-corrected chi connectivity index (χ2v) is 4.33. The van der Waals surface area contributed by atoms with E-state index in [1.165, 1.54) is 0 Å². The summed E-state index contributed by atoms with van der Waals surface area (Å²) in [7, 11) is 0. The van der Waals surface area contributed by atoms with E-state index in [-0.39, 0.29) is 5.78 Å². The van der Waals surface area contributed by atoms with E-state index < -0.39 is 11.9 Å². The average Bonchev–Trinajstić information content (AvgIpc) is 2.35. The van der Waals surface area contributed by atoms with Crippen LogP contribution in [-0.4, -0.2) is 18.4 Å². The van der Waals surface area contributed by atoms with Gasteiger partial charge >= 0.3 is 5.97 Å². The van der Waals surface area contributed by atoms with Gasteiger partial charge in [-0.3, -0.25) is 9.59 Å². The van der Waals surface area contributed by atoms with E-state index in [1.807, 2.05) is 32.0 Å².